The summed E-state index contributed by atoms with van der Waals surface area (Å²) in [5.41, 5.74) is 13.1. The molecule has 0 spiro atoms. The lowest BCUT2D eigenvalue weighted by Gasteiger charge is -2.41. The molecule has 2 aromatic heterocycles. The van der Waals surface area contributed by atoms with Crippen molar-refractivity contribution in [2.45, 2.75) is 104 Å². The van der Waals surface area contributed by atoms with E-state index >= 15 is 0 Å². The maximum absolute atomic E-state index is 12.8. The summed E-state index contributed by atoms with van der Waals surface area (Å²) in [7, 11) is -9.34. The van der Waals surface area contributed by atoms with Gasteiger partial charge in [0.1, 0.15) is 6.42 Å². The predicted octanol–water partition coefficient (Wildman–Crippen LogP) is 4.27. The van der Waals surface area contributed by atoms with Crippen LogP contribution in [0.1, 0.15) is 102 Å². The van der Waals surface area contributed by atoms with Gasteiger partial charge in [-0.1, -0.05) is 38.1 Å². The van der Waals surface area contributed by atoms with Crippen LogP contribution in [0, 0.1) is 11.3 Å². The summed E-state index contributed by atoms with van der Waals surface area (Å²) < 4.78 is 101. The number of hydrogen-bond acceptors (Lipinski definition) is 11. The first kappa shape index (κ1) is 48.4. The molecule has 0 bridgehead atoms. The van der Waals surface area contributed by atoms with Crippen LogP contribution < -0.4 is 16.8 Å². The molecular formula is C41H49F4N9O7S2. The zero-order valence-corrected chi connectivity index (χ0v) is 36.3. The van der Waals surface area contributed by atoms with Gasteiger partial charge in [0, 0.05) is 38.3 Å². The molecule has 16 nitrogen and oxygen atoms in total. The molecule has 0 atom stereocenters. The van der Waals surface area contributed by atoms with Crippen LogP contribution in [-0.2, 0) is 48.4 Å². The molecule has 2 aliphatic rings. The molecule has 2 saturated heterocycles. The van der Waals surface area contributed by atoms with Gasteiger partial charge in [0.15, 0.2) is 0 Å². The number of carbonyl (C=O) groups is 3. The summed E-state index contributed by atoms with van der Waals surface area (Å²) in [5.74, 6) is -8.47. The zero-order valence-electron chi connectivity index (χ0n) is 34.6. The number of benzene rings is 2. The van der Waals surface area contributed by atoms with Gasteiger partial charge in [0.25, 0.3) is 11.8 Å². The number of nitrogens with two attached hydrogens (primary N) is 2. The number of carbonyl (C=O) groups excluding carboxylic acids is 3. The van der Waals surface area contributed by atoms with Crippen molar-refractivity contribution in [2.24, 2.45) is 11.5 Å². The Labute approximate surface area is 362 Å². The minimum Gasteiger partial charge on any atom is -0.365 e. The van der Waals surface area contributed by atoms with Gasteiger partial charge in [-0.25, -0.2) is 16.8 Å². The number of rotatable bonds is 15. The average Bonchev–Trinajstić information content (AvgIpc) is 3.90. The molecule has 4 heterocycles. The van der Waals surface area contributed by atoms with Crippen molar-refractivity contribution in [3.8, 4) is 6.07 Å². The Morgan fingerprint density at radius 1 is 0.714 bits per heavy atom. The second-order valence-electron chi connectivity index (χ2n) is 15.5. The number of nitriles is 1. The fourth-order valence-corrected chi connectivity index (χ4v) is 9.34. The molecule has 0 unspecified atom stereocenters. The lowest BCUT2D eigenvalue weighted by Crippen LogP contribution is -2.48. The maximum Gasteiger partial charge on any atom is 0.341 e. The number of halogens is 4. The van der Waals surface area contributed by atoms with Crippen molar-refractivity contribution >= 4 is 37.4 Å². The predicted molar refractivity (Wildman–Crippen MR) is 221 cm³/mol. The third-order valence-electron chi connectivity index (χ3n) is 11.9. The zero-order chi connectivity index (χ0) is 46.3. The number of piperidine rings is 2. The quantitative estimate of drug-likeness (QED) is 0.142. The average molecular weight is 920 g/mol. The number of sulfone groups is 2. The second kappa shape index (κ2) is 19.8. The first-order valence-corrected chi connectivity index (χ1v) is 23.2. The largest absolute Gasteiger partial charge is 0.365 e. The van der Waals surface area contributed by atoms with Crippen LogP contribution in [0.25, 0.3) is 0 Å². The summed E-state index contributed by atoms with van der Waals surface area (Å²) in [6.07, 6.45) is 7.94. The van der Waals surface area contributed by atoms with Crippen LogP contribution in [0.5, 0.6) is 0 Å². The Morgan fingerprint density at radius 3 is 1.43 bits per heavy atom. The van der Waals surface area contributed by atoms with E-state index in [1.165, 1.54) is 24.3 Å². The van der Waals surface area contributed by atoms with Crippen molar-refractivity contribution in [3.63, 3.8) is 0 Å². The van der Waals surface area contributed by atoms with Crippen LogP contribution in [-0.4, -0.2) is 96.7 Å². The molecular weight excluding hydrogens is 871 g/mol. The molecule has 22 heteroatoms. The van der Waals surface area contributed by atoms with Gasteiger partial charge in [-0.2, -0.15) is 33.0 Å². The molecule has 0 saturated carbocycles. The fraction of sp³-hybridized carbons (Fsp3) is 0.463. The van der Waals surface area contributed by atoms with Crippen molar-refractivity contribution in [3.05, 3.63) is 94.6 Å². The molecule has 3 amide bonds. The van der Waals surface area contributed by atoms with Gasteiger partial charge in [-0.3, -0.25) is 23.7 Å². The highest BCUT2D eigenvalue weighted by atomic mass is 32.2. The first-order valence-electron chi connectivity index (χ1n) is 20.1. The number of hydrogen-bond donors (Lipinski definition) is 3. The van der Waals surface area contributed by atoms with Crippen molar-refractivity contribution in [1.29, 1.82) is 5.26 Å². The van der Waals surface area contributed by atoms with Crippen LogP contribution in [0.15, 0.2) is 70.7 Å². The minimum atomic E-state index is -4.70. The van der Waals surface area contributed by atoms with Crippen LogP contribution in [0.2, 0.25) is 0 Å². The van der Waals surface area contributed by atoms with E-state index in [9.17, 15) is 48.8 Å². The molecule has 340 valence electrons. The first-order chi connectivity index (χ1) is 29.7. The Kier molecular flexibility index (Phi) is 15.2. The molecule has 4 aromatic rings. The highest BCUT2D eigenvalue weighted by Crippen LogP contribution is 2.35. The number of amides is 3. The summed E-state index contributed by atoms with van der Waals surface area (Å²) in [5, 5.41) is 21.3. The van der Waals surface area contributed by atoms with E-state index in [-0.39, 0.29) is 36.3 Å². The van der Waals surface area contributed by atoms with Crippen molar-refractivity contribution in [1.82, 2.24) is 29.8 Å². The SMILES string of the molecule is CCC1(n2cc(C(N)=O)c(Cc3ccc(S(=O)(=O)C(F)F)cc3)n2)CCN(C(=O)CC#N)CC1.CCC1(n2cc(C(N)=O)c(Cc3ccc(S(=O)(=O)C(F)F)cc3)n2)CCNCC1. The highest BCUT2D eigenvalue weighted by molar-refractivity contribution is 7.92. The van der Waals surface area contributed by atoms with Gasteiger partial charge in [0.05, 0.1) is 49.5 Å². The standard InChI is InChI=1S/C22H25F2N5O4S.C19H24F2N4O3S/c1-2-22(8-11-28(12-9-22)19(30)7-10-25)29-14-17(20(26)31)18(27-29)13-15-3-5-16(6-4-15)34(32,33)21(23)24;1-2-19(7-9-23-10-8-19)25-12-15(17(22)26)16(24-25)11-13-3-5-14(6-4-13)29(27,28)18(20)21/h3-6,14,21H,2,7-9,11-13H2,1H3,(H2,26,31);3-6,12,18,23H,2,7-11H2,1H3,(H2,22,26). The van der Waals surface area contributed by atoms with Gasteiger partial charge in [-0.15, -0.1) is 0 Å². The van der Waals surface area contributed by atoms with E-state index in [1.54, 1.807) is 22.0 Å². The number of likely N-dealkylation sites (tertiary alicyclic amines) is 1. The number of alkyl halides is 4. The highest BCUT2D eigenvalue weighted by Gasteiger charge is 2.38. The Balaban J connectivity index is 0.000000240. The third-order valence-corrected chi connectivity index (χ3v) is 14.7. The van der Waals surface area contributed by atoms with Crippen molar-refractivity contribution in [2.75, 3.05) is 26.2 Å². The molecule has 2 fully saturated rings. The van der Waals surface area contributed by atoms with Gasteiger partial charge >= 0.3 is 11.5 Å². The monoisotopic (exact) mass is 919 g/mol. The van der Waals surface area contributed by atoms with E-state index in [2.05, 4.69) is 22.4 Å². The summed E-state index contributed by atoms with van der Waals surface area (Å²) in [6.45, 7) is 6.69. The molecule has 2 aliphatic heterocycles. The normalized spacial score (nSPS) is 16.3. The molecule has 2 aromatic carbocycles. The Bertz CT molecular complexity index is 2540. The number of primary amides is 2. The van der Waals surface area contributed by atoms with Crippen LogP contribution in [0.3, 0.4) is 0 Å². The van der Waals surface area contributed by atoms with Gasteiger partial charge < -0.3 is 21.7 Å². The topological polar surface area (TPSA) is 246 Å². The van der Waals surface area contributed by atoms with Gasteiger partial charge in [-0.05, 0) is 87.0 Å². The van der Waals surface area contributed by atoms with Crippen LogP contribution >= 0.6 is 0 Å². The lowest BCUT2D eigenvalue weighted by atomic mass is 9.85. The van der Waals surface area contributed by atoms with Crippen LogP contribution in [0.4, 0.5) is 17.6 Å². The summed E-state index contributed by atoms with van der Waals surface area (Å²) in [6, 6.07) is 12.0. The Hall–Kier alpha value is -5.66. The summed E-state index contributed by atoms with van der Waals surface area (Å²) >= 11 is 0. The maximum atomic E-state index is 12.8. The fourth-order valence-electron chi connectivity index (χ4n) is 7.90. The van der Waals surface area contributed by atoms with E-state index in [0.717, 1.165) is 56.6 Å². The molecule has 63 heavy (non-hydrogen) atoms. The lowest BCUT2D eigenvalue weighted by molar-refractivity contribution is -0.132. The number of aromatic nitrogens is 4. The number of nitrogens with one attached hydrogen (secondary N) is 1. The summed E-state index contributed by atoms with van der Waals surface area (Å²) in [4.78, 5) is 36.8. The molecule has 0 aliphatic carbocycles. The van der Waals surface area contributed by atoms with E-state index in [4.69, 9.17) is 16.7 Å². The molecule has 5 N–H and O–H groups in total. The third kappa shape index (κ3) is 10.6. The van der Waals surface area contributed by atoms with E-state index < -0.39 is 58.3 Å². The van der Waals surface area contributed by atoms with Crippen molar-refractivity contribution < 1.29 is 48.8 Å². The van der Waals surface area contributed by atoms with E-state index in [1.807, 2.05) is 17.7 Å². The minimum absolute atomic E-state index is 0.146. The van der Waals surface area contributed by atoms with Gasteiger partial charge in [0.2, 0.25) is 25.6 Å². The smallest absolute Gasteiger partial charge is 0.341 e. The molecule has 6 rings (SSSR count). The Morgan fingerprint density at radius 2 is 1.10 bits per heavy atom. The number of nitrogens with zero attached hydrogens (tertiary/aromatic N) is 6. The molecule has 0 radical (unpaired) electrons. The second-order valence-corrected chi connectivity index (χ2v) is 19.3. The van der Waals surface area contributed by atoms with E-state index in [0.29, 0.717) is 60.4 Å².